The summed E-state index contributed by atoms with van der Waals surface area (Å²) in [4.78, 5) is 31.1. The van der Waals surface area contributed by atoms with E-state index in [1.807, 2.05) is 5.38 Å². The van der Waals surface area contributed by atoms with Gasteiger partial charge in [-0.25, -0.2) is 14.5 Å². The number of hydrogen-bond acceptors (Lipinski definition) is 6. The Bertz CT molecular complexity index is 752. The molecule has 0 aliphatic carbocycles. The van der Waals surface area contributed by atoms with Gasteiger partial charge in [0.1, 0.15) is 10.8 Å². The number of aryl methyl sites for hydroxylation is 2. The first-order valence-electron chi connectivity index (χ1n) is 7.89. The lowest BCUT2D eigenvalue weighted by atomic mass is 9.98. The Morgan fingerprint density at radius 1 is 1.54 bits per heavy atom. The second kappa shape index (κ2) is 7.27. The molecule has 2 aromatic heterocycles. The van der Waals surface area contributed by atoms with Crippen molar-refractivity contribution in [2.24, 2.45) is 13.0 Å². The number of ether oxygens (including phenoxy) is 1. The topological polar surface area (TPSA) is 82.2 Å². The minimum Gasteiger partial charge on any atom is -0.383 e. The van der Waals surface area contributed by atoms with Crippen molar-refractivity contribution in [3.05, 3.63) is 32.9 Å². The molecule has 0 aromatic carbocycles. The second-order valence-electron chi connectivity index (χ2n) is 5.85. The van der Waals surface area contributed by atoms with Gasteiger partial charge in [-0.15, -0.1) is 11.3 Å². The molecule has 0 radical (unpaired) electrons. The van der Waals surface area contributed by atoms with Crippen molar-refractivity contribution in [3.63, 3.8) is 0 Å². The molecule has 0 bridgehead atoms. The number of fused-ring (bicyclic) bond motifs is 1. The van der Waals surface area contributed by atoms with Crippen molar-refractivity contribution in [2.75, 3.05) is 20.3 Å². The summed E-state index contributed by atoms with van der Waals surface area (Å²) in [7, 11) is 3.26. The van der Waals surface area contributed by atoms with Crippen molar-refractivity contribution in [3.8, 4) is 0 Å². The quantitative estimate of drug-likeness (QED) is 0.746. The van der Waals surface area contributed by atoms with Crippen LogP contribution in [0, 0.1) is 5.92 Å². The molecule has 1 atom stereocenters. The van der Waals surface area contributed by atoms with Crippen LogP contribution in [0.1, 0.15) is 17.3 Å². The molecular weight excluding hydrogens is 330 g/mol. The van der Waals surface area contributed by atoms with E-state index in [0.29, 0.717) is 39.1 Å². The Balaban J connectivity index is 1.74. The lowest BCUT2D eigenvalue weighted by Crippen LogP contribution is -2.42. The third-order valence-electron chi connectivity index (χ3n) is 4.24. The summed E-state index contributed by atoms with van der Waals surface area (Å²) in [6.45, 7) is 1.86. The first kappa shape index (κ1) is 16.8. The molecule has 0 saturated heterocycles. The van der Waals surface area contributed by atoms with Crippen LogP contribution in [0.5, 0.6) is 0 Å². The van der Waals surface area contributed by atoms with Crippen LogP contribution in [0.2, 0.25) is 0 Å². The van der Waals surface area contributed by atoms with Crippen molar-refractivity contribution in [2.45, 2.75) is 25.9 Å². The summed E-state index contributed by atoms with van der Waals surface area (Å²) in [5, 5.41) is 7.01. The Morgan fingerprint density at radius 2 is 2.38 bits per heavy atom. The number of nitrogens with zero attached hydrogens (tertiary/aromatic N) is 5. The SMILES string of the molecule is COCCN(Cc1nccs1)C(=O)[C@@H]1CCc2nn(C)c(=O)n2C1. The summed E-state index contributed by atoms with van der Waals surface area (Å²) in [5.74, 6) is 0.592. The molecule has 130 valence electrons. The van der Waals surface area contributed by atoms with E-state index in [1.165, 1.54) is 16.0 Å². The fourth-order valence-corrected chi connectivity index (χ4v) is 3.59. The molecule has 9 heteroatoms. The molecule has 0 fully saturated rings. The van der Waals surface area contributed by atoms with Gasteiger partial charge in [0, 0.05) is 45.2 Å². The van der Waals surface area contributed by atoms with Gasteiger partial charge < -0.3 is 9.64 Å². The van der Waals surface area contributed by atoms with Gasteiger partial charge in [-0.1, -0.05) is 0 Å². The summed E-state index contributed by atoms with van der Waals surface area (Å²) in [6, 6.07) is 0. The van der Waals surface area contributed by atoms with Crippen LogP contribution in [0.15, 0.2) is 16.4 Å². The Morgan fingerprint density at radius 3 is 3.08 bits per heavy atom. The smallest absolute Gasteiger partial charge is 0.345 e. The first-order valence-corrected chi connectivity index (χ1v) is 8.77. The molecular formula is C15H21N5O3S. The van der Waals surface area contributed by atoms with Crippen LogP contribution < -0.4 is 5.69 Å². The standard InChI is InChI=1S/C15H21N5O3S/c1-18-15(22)20-9-11(3-4-12(20)17-18)14(21)19(6-7-23-2)10-13-16-5-8-24-13/h5,8,11H,3-4,6-7,9-10H2,1-2H3/t11-/m1/s1. The molecule has 24 heavy (non-hydrogen) atoms. The Kier molecular flexibility index (Phi) is 5.10. The maximum atomic E-state index is 13.0. The van der Waals surface area contributed by atoms with E-state index in [9.17, 15) is 9.59 Å². The summed E-state index contributed by atoms with van der Waals surface area (Å²) >= 11 is 1.53. The number of carbonyl (C=O) groups is 1. The van der Waals surface area contributed by atoms with Crippen LogP contribution in [0.3, 0.4) is 0 Å². The summed E-state index contributed by atoms with van der Waals surface area (Å²) in [6.07, 6.45) is 3.08. The van der Waals surface area contributed by atoms with Crippen LogP contribution in [-0.2, 0) is 36.1 Å². The maximum absolute atomic E-state index is 13.0. The van der Waals surface area contributed by atoms with Gasteiger partial charge in [0.25, 0.3) is 0 Å². The molecule has 1 aliphatic rings. The largest absolute Gasteiger partial charge is 0.383 e. The van der Waals surface area contributed by atoms with Gasteiger partial charge in [0.05, 0.1) is 19.1 Å². The average Bonchev–Trinajstić information content (AvgIpc) is 3.19. The first-order chi connectivity index (χ1) is 11.6. The predicted molar refractivity (Wildman–Crippen MR) is 88.7 cm³/mol. The Hall–Kier alpha value is -2.00. The molecule has 0 N–H and O–H groups in total. The van der Waals surface area contributed by atoms with E-state index in [2.05, 4.69) is 10.1 Å². The highest BCUT2D eigenvalue weighted by Gasteiger charge is 2.30. The molecule has 0 unspecified atom stereocenters. The third-order valence-corrected chi connectivity index (χ3v) is 5.00. The third kappa shape index (κ3) is 3.41. The van der Waals surface area contributed by atoms with E-state index in [1.54, 1.807) is 29.8 Å². The highest BCUT2D eigenvalue weighted by Crippen LogP contribution is 2.21. The number of thiazole rings is 1. The van der Waals surface area contributed by atoms with Crippen LogP contribution in [0.25, 0.3) is 0 Å². The zero-order valence-electron chi connectivity index (χ0n) is 13.8. The number of amides is 1. The number of carbonyl (C=O) groups excluding carboxylic acids is 1. The van der Waals surface area contributed by atoms with Gasteiger partial charge in [0.2, 0.25) is 5.91 Å². The fourth-order valence-electron chi connectivity index (χ4n) is 2.96. The van der Waals surface area contributed by atoms with Crippen LogP contribution in [-0.4, -0.2) is 50.4 Å². The minimum atomic E-state index is -0.212. The molecule has 1 aliphatic heterocycles. The van der Waals surface area contributed by atoms with Gasteiger partial charge >= 0.3 is 5.69 Å². The van der Waals surface area contributed by atoms with Crippen molar-refractivity contribution in [1.82, 2.24) is 24.2 Å². The normalized spacial score (nSPS) is 16.8. The Labute approximate surface area is 143 Å². The van der Waals surface area contributed by atoms with Gasteiger partial charge in [0.15, 0.2) is 0 Å². The second-order valence-corrected chi connectivity index (χ2v) is 6.83. The van der Waals surface area contributed by atoms with E-state index >= 15 is 0 Å². The lowest BCUT2D eigenvalue weighted by Gasteiger charge is -2.28. The van der Waals surface area contributed by atoms with Crippen LogP contribution in [0.4, 0.5) is 0 Å². The fraction of sp³-hybridized carbons (Fsp3) is 0.600. The van der Waals surface area contributed by atoms with Gasteiger partial charge in [-0.2, -0.15) is 5.10 Å². The number of hydrogen-bond donors (Lipinski definition) is 0. The number of methoxy groups -OCH3 is 1. The molecule has 3 heterocycles. The lowest BCUT2D eigenvalue weighted by molar-refractivity contribution is -0.138. The van der Waals surface area contributed by atoms with E-state index in [0.717, 1.165) is 10.8 Å². The highest BCUT2D eigenvalue weighted by molar-refractivity contribution is 7.09. The molecule has 0 saturated carbocycles. The minimum absolute atomic E-state index is 0.0450. The number of aromatic nitrogens is 4. The van der Waals surface area contributed by atoms with Crippen molar-refractivity contribution >= 4 is 17.2 Å². The van der Waals surface area contributed by atoms with Crippen molar-refractivity contribution in [1.29, 1.82) is 0 Å². The average molecular weight is 351 g/mol. The van der Waals surface area contributed by atoms with E-state index < -0.39 is 0 Å². The predicted octanol–water partition coefficient (Wildman–Crippen LogP) is 0.276. The zero-order chi connectivity index (χ0) is 17.1. The molecule has 3 rings (SSSR count). The van der Waals surface area contributed by atoms with Gasteiger partial charge in [-0.05, 0) is 6.42 Å². The molecule has 0 spiro atoms. The summed E-state index contributed by atoms with van der Waals surface area (Å²) in [5.41, 5.74) is -0.161. The zero-order valence-corrected chi connectivity index (χ0v) is 14.7. The van der Waals surface area contributed by atoms with E-state index in [-0.39, 0.29) is 17.5 Å². The molecule has 8 nitrogen and oxygen atoms in total. The van der Waals surface area contributed by atoms with Crippen LogP contribution >= 0.6 is 11.3 Å². The number of rotatable bonds is 6. The molecule has 2 aromatic rings. The monoisotopic (exact) mass is 351 g/mol. The summed E-state index contributed by atoms with van der Waals surface area (Å²) < 4.78 is 8.08. The van der Waals surface area contributed by atoms with Crippen molar-refractivity contribution < 1.29 is 9.53 Å². The van der Waals surface area contributed by atoms with E-state index in [4.69, 9.17) is 4.74 Å². The maximum Gasteiger partial charge on any atom is 0.345 e. The van der Waals surface area contributed by atoms with Gasteiger partial charge in [-0.3, -0.25) is 9.36 Å². The highest BCUT2D eigenvalue weighted by atomic mass is 32.1. The molecule has 1 amide bonds.